The summed E-state index contributed by atoms with van der Waals surface area (Å²) in [4.78, 5) is 10.8. The van der Waals surface area contributed by atoms with E-state index < -0.39 is 0 Å². The molecule has 1 fully saturated rings. The van der Waals surface area contributed by atoms with Crippen LogP contribution in [0.4, 0.5) is 5.82 Å². The molecule has 1 aromatic heterocycles. The molecule has 1 saturated heterocycles. The predicted molar refractivity (Wildman–Crippen MR) is 67.5 cm³/mol. The minimum atomic E-state index is 0.123. The highest BCUT2D eigenvalue weighted by Gasteiger charge is 2.20. The van der Waals surface area contributed by atoms with Crippen LogP contribution in [0.5, 0.6) is 5.88 Å². The van der Waals surface area contributed by atoms with E-state index in [0.717, 1.165) is 25.3 Å². The van der Waals surface area contributed by atoms with E-state index in [1.54, 1.807) is 12.4 Å². The lowest BCUT2D eigenvalue weighted by Gasteiger charge is -2.24. The van der Waals surface area contributed by atoms with Gasteiger partial charge in [-0.3, -0.25) is 4.98 Å². The van der Waals surface area contributed by atoms with Crippen LogP contribution in [0.15, 0.2) is 12.4 Å². The average molecular weight is 236 g/mol. The number of hydrogen-bond donors (Lipinski definition) is 1. The van der Waals surface area contributed by atoms with Crippen molar-refractivity contribution in [3.63, 3.8) is 0 Å². The van der Waals surface area contributed by atoms with Crippen molar-refractivity contribution in [3.8, 4) is 5.88 Å². The van der Waals surface area contributed by atoms with Gasteiger partial charge in [0.1, 0.15) is 0 Å². The first-order valence-electron chi connectivity index (χ1n) is 6.09. The number of nitrogens with zero attached hydrogens (tertiary/aromatic N) is 3. The summed E-state index contributed by atoms with van der Waals surface area (Å²) in [6, 6.07) is 0.499. The molecule has 1 N–H and O–H groups in total. The quantitative estimate of drug-likeness (QED) is 0.847. The highest BCUT2D eigenvalue weighted by molar-refractivity contribution is 5.38. The molecule has 1 aromatic rings. The van der Waals surface area contributed by atoms with E-state index in [1.807, 2.05) is 13.8 Å². The summed E-state index contributed by atoms with van der Waals surface area (Å²) in [5.74, 6) is 1.46. The van der Waals surface area contributed by atoms with E-state index in [9.17, 15) is 0 Å². The van der Waals surface area contributed by atoms with Gasteiger partial charge < -0.3 is 15.0 Å². The zero-order chi connectivity index (χ0) is 12.3. The molecule has 94 valence electrons. The fourth-order valence-corrected chi connectivity index (χ4v) is 1.96. The van der Waals surface area contributed by atoms with E-state index in [2.05, 4.69) is 27.2 Å². The molecule has 5 heteroatoms. The zero-order valence-corrected chi connectivity index (χ0v) is 10.7. The number of anilines is 1. The van der Waals surface area contributed by atoms with Gasteiger partial charge in [0.05, 0.1) is 18.5 Å². The fraction of sp³-hybridized carbons (Fsp3) is 0.667. The SMILES string of the molecule is CC(C)Oc1cncc(N(C)C2CCNC2)n1. The fourth-order valence-electron chi connectivity index (χ4n) is 1.96. The molecule has 17 heavy (non-hydrogen) atoms. The van der Waals surface area contributed by atoms with Crippen LogP contribution in [-0.2, 0) is 0 Å². The number of hydrogen-bond acceptors (Lipinski definition) is 5. The first kappa shape index (κ1) is 12.1. The molecule has 1 atom stereocenters. The van der Waals surface area contributed by atoms with Gasteiger partial charge in [0.15, 0.2) is 5.82 Å². The van der Waals surface area contributed by atoms with Crippen LogP contribution in [0.3, 0.4) is 0 Å². The first-order chi connectivity index (χ1) is 8.16. The van der Waals surface area contributed by atoms with E-state index in [4.69, 9.17) is 4.74 Å². The van der Waals surface area contributed by atoms with Crippen LogP contribution in [0, 0.1) is 0 Å². The van der Waals surface area contributed by atoms with Crippen LogP contribution >= 0.6 is 0 Å². The van der Waals surface area contributed by atoms with Crippen molar-refractivity contribution in [2.45, 2.75) is 32.4 Å². The summed E-state index contributed by atoms with van der Waals surface area (Å²) in [7, 11) is 2.06. The molecule has 2 heterocycles. The van der Waals surface area contributed by atoms with Gasteiger partial charge in [-0.25, -0.2) is 0 Å². The van der Waals surface area contributed by atoms with Gasteiger partial charge in [-0.2, -0.15) is 4.98 Å². The molecular weight excluding hydrogens is 216 g/mol. The van der Waals surface area contributed by atoms with Gasteiger partial charge in [-0.15, -0.1) is 0 Å². The summed E-state index contributed by atoms with van der Waals surface area (Å²) in [6.45, 7) is 6.05. The maximum atomic E-state index is 5.55. The van der Waals surface area contributed by atoms with Crippen molar-refractivity contribution in [2.24, 2.45) is 0 Å². The Morgan fingerprint density at radius 2 is 2.29 bits per heavy atom. The molecule has 1 aliphatic heterocycles. The highest BCUT2D eigenvalue weighted by atomic mass is 16.5. The monoisotopic (exact) mass is 236 g/mol. The lowest BCUT2D eigenvalue weighted by atomic mass is 10.2. The Balaban J connectivity index is 2.09. The van der Waals surface area contributed by atoms with Crippen molar-refractivity contribution >= 4 is 5.82 Å². The predicted octanol–water partition coefficient (Wildman–Crippen LogP) is 1.06. The van der Waals surface area contributed by atoms with Crippen molar-refractivity contribution in [1.29, 1.82) is 0 Å². The molecular formula is C12H20N4O. The van der Waals surface area contributed by atoms with Gasteiger partial charge in [0, 0.05) is 19.6 Å². The molecule has 5 nitrogen and oxygen atoms in total. The second-order valence-electron chi connectivity index (χ2n) is 4.64. The summed E-state index contributed by atoms with van der Waals surface area (Å²) in [5, 5.41) is 3.35. The van der Waals surface area contributed by atoms with Gasteiger partial charge in [0.25, 0.3) is 0 Å². The number of nitrogens with one attached hydrogen (secondary N) is 1. The van der Waals surface area contributed by atoms with Crippen molar-refractivity contribution in [1.82, 2.24) is 15.3 Å². The summed E-state index contributed by atoms with van der Waals surface area (Å²) in [6.07, 6.45) is 4.71. The van der Waals surface area contributed by atoms with E-state index in [0.29, 0.717) is 11.9 Å². The van der Waals surface area contributed by atoms with Crippen LogP contribution in [0.25, 0.3) is 0 Å². The molecule has 0 aliphatic carbocycles. The Hall–Kier alpha value is -1.36. The number of ether oxygens (including phenoxy) is 1. The van der Waals surface area contributed by atoms with Gasteiger partial charge in [-0.1, -0.05) is 0 Å². The topological polar surface area (TPSA) is 50.3 Å². The lowest BCUT2D eigenvalue weighted by Crippen LogP contribution is -2.34. The number of aromatic nitrogens is 2. The largest absolute Gasteiger partial charge is 0.474 e. The van der Waals surface area contributed by atoms with Crippen LogP contribution in [0.2, 0.25) is 0 Å². The molecule has 1 unspecified atom stereocenters. The van der Waals surface area contributed by atoms with E-state index in [1.165, 1.54) is 0 Å². The van der Waals surface area contributed by atoms with Crippen molar-refractivity contribution < 1.29 is 4.74 Å². The zero-order valence-electron chi connectivity index (χ0n) is 10.7. The minimum Gasteiger partial charge on any atom is -0.474 e. The second-order valence-corrected chi connectivity index (χ2v) is 4.64. The first-order valence-corrected chi connectivity index (χ1v) is 6.09. The normalized spacial score (nSPS) is 19.6. The summed E-state index contributed by atoms with van der Waals surface area (Å²) in [5.41, 5.74) is 0. The third-order valence-corrected chi connectivity index (χ3v) is 2.90. The van der Waals surface area contributed by atoms with Gasteiger partial charge in [0.2, 0.25) is 5.88 Å². The van der Waals surface area contributed by atoms with E-state index >= 15 is 0 Å². The van der Waals surface area contributed by atoms with Crippen molar-refractivity contribution in [2.75, 3.05) is 25.0 Å². The Labute approximate surface area is 102 Å². The maximum Gasteiger partial charge on any atom is 0.234 e. The molecule has 0 radical (unpaired) electrons. The third-order valence-electron chi connectivity index (χ3n) is 2.90. The van der Waals surface area contributed by atoms with Crippen LogP contribution in [0.1, 0.15) is 20.3 Å². The molecule has 0 bridgehead atoms. The molecule has 2 rings (SSSR count). The van der Waals surface area contributed by atoms with Crippen LogP contribution < -0.4 is 15.0 Å². The molecule has 0 saturated carbocycles. The second kappa shape index (κ2) is 5.31. The van der Waals surface area contributed by atoms with Gasteiger partial charge in [-0.05, 0) is 26.8 Å². The molecule has 1 aliphatic rings. The van der Waals surface area contributed by atoms with Crippen molar-refractivity contribution in [3.05, 3.63) is 12.4 Å². The summed E-state index contributed by atoms with van der Waals surface area (Å²) >= 11 is 0. The Kier molecular flexibility index (Phi) is 3.78. The Morgan fingerprint density at radius 1 is 1.47 bits per heavy atom. The third kappa shape index (κ3) is 3.06. The summed E-state index contributed by atoms with van der Waals surface area (Å²) < 4.78 is 5.55. The maximum absolute atomic E-state index is 5.55. The Bertz CT molecular complexity index is 363. The molecule has 0 amide bonds. The van der Waals surface area contributed by atoms with Crippen LogP contribution in [-0.4, -0.2) is 42.3 Å². The minimum absolute atomic E-state index is 0.123. The average Bonchev–Trinajstić information content (AvgIpc) is 2.81. The Morgan fingerprint density at radius 3 is 2.94 bits per heavy atom. The van der Waals surface area contributed by atoms with E-state index in [-0.39, 0.29) is 6.10 Å². The number of rotatable bonds is 4. The van der Waals surface area contributed by atoms with Gasteiger partial charge >= 0.3 is 0 Å². The lowest BCUT2D eigenvalue weighted by molar-refractivity contribution is 0.231. The highest BCUT2D eigenvalue weighted by Crippen LogP contribution is 2.18. The smallest absolute Gasteiger partial charge is 0.234 e. The number of likely N-dealkylation sites (N-methyl/N-ethyl adjacent to an activating group) is 1. The molecule has 0 spiro atoms. The standard InChI is InChI=1S/C12H20N4O/c1-9(2)17-12-8-14-7-11(15-12)16(3)10-4-5-13-6-10/h7-10,13H,4-6H2,1-3H3. The molecule has 0 aromatic carbocycles.